The summed E-state index contributed by atoms with van der Waals surface area (Å²) in [5.41, 5.74) is 1.99. The van der Waals surface area contributed by atoms with Crippen LogP contribution in [0.3, 0.4) is 0 Å². The number of aryl methyl sites for hydroxylation is 2. The second-order valence-electron chi connectivity index (χ2n) is 6.26. The van der Waals surface area contributed by atoms with E-state index in [0.29, 0.717) is 19.4 Å². The van der Waals surface area contributed by atoms with Gasteiger partial charge in [-0.15, -0.1) is 11.8 Å². The number of amides is 1. The van der Waals surface area contributed by atoms with Crippen LogP contribution in [0, 0.1) is 13.8 Å². The van der Waals surface area contributed by atoms with E-state index >= 15 is 0 Å². The van der Waals surface area contributed by atoms with Crippen molar-refractivity contribution in [3.05, 3.63) is 59.7 Å². The number of rotatable bonds is 10. The molecule has 0 unspecified atom stereocenters. The smallest absolute Gasteiger partial charge is 0.240 e. The summed E-state index contributed by atoms with van der Waals surface area (Å²) in [6, 6.07) is 15.1. The third-order valence-corrected chi connectivity index (χ3v) is 6.57. The van der Waals surface area contributed by atoms with Gasteiger partial charge in [0.05, 0.1) is 4.90 Å². The maximum Gasteiger partial charge on any atom is 0.240 e. The van der Waals surface area contributed by atoms with Crippen molar-refractivity contribution in [2.45, 2.75) is 36.5 Å². The Hall–Kier alpha value is -1.83. The first-order valence-corrected chi connectivity index (χ1v) is 11.4. The minimum absolute atomic E-state index is 0.0611. The van der Waals surface area contributed by atoms with Gasteiger partial charge in [0.25, 0.3) is 0 Å². The summed E-state index contributed by atoms with van der Waals surface area (Å²) in [5, 5.41) is 2.86. The zero-order valence-corrected chi connectivity index (χ0v) is 17.3. The Labute approximate surface area is 166 Å². The van der Waals surface area contributed by atoms with Crippen molar-refractivity contribution in [2.24, 2.45) is 0 Å². The van der Waals surface area contributed by atoms with Crippen LogP contribution in [-0.2, 0) is 14.8 Å². The molecule has 0 radical (unpaired) electrons. The number of hydrogen-bond acceptors (Lipinski definition) is 4. The van der Waals surface area contributed by atoms with E-state index < -0.39 is 10.0 Å². The van der Waals surface area contributed by atoms with Crippen LogP contribution < -0.4 is 10.0 Å². The normalized spacial score (nSPS) is 11.3. The SMILES string of the molecule is Cc1ccc(S(=O)(=O)NCCCC(=O)NCCSc2ccccc2)cc1C. The molecule has 2 rings (SSSR count). The molecule has 0 atom stereocenters. The molecule has 0 aliphatic heterocycles. The predicted molar refractivity (Wildman–Crippen MR) is 111 cm³/mol. The van der Waals surface area contributed by atoms with Gasteiger partial charge in [0.15, 0.2) is 0 Å². The van der Waals surface area contributed by atoms with Gasteiger partial charge in [-0.05, 0) is 55.7 Å². The average Bonchev–Trinajstić information content (AvgIpc) is 2.65. The summed E-state index contributed by atoms with van der Waals surface area (Å²) in [6.07, 6.45) is 0.757. The van der Waals surface area contributed by atoms with Gasteiger partial charge in [-0.25, -0.2) is 13.1 Å². The lowest BCUT2D eigenvalue weighted by Crippen LogP contribution is -2.28. The molecule has 0 saturated heterocycles. The van der Waals surface area contributed by atoms with E-state index in [9.17, 15) is 13.2 Å². The molecular weight excluding hydrogens is 380 g/mol. The van der Waals surface area contributed by atoms with Crippen molar-refractivity contribution in [1.29, 1.82) is 0 Å². The van der Waals surface area contributed by atoms with Crippen LogP contribution in [0.5, 0.6) is 0 Å². The standard InChI is InChI=1S/C20H26N2O3S2/c1-16-10-11-19(15-17(16)2)27(24,25)22-12-6-9-20(23)21-13-14-26-18-7-4-3-5-8-18/h3-5,7-8,10-11,15,22H,6,9,12-14H2,1-2H3,(H,21,23). The Bertz CT molecular complexity index is 853. The number of carbonyl (C=O) groups is 1. The second-order valence-corrected chi connectivity index (χ2v) is 9.19. The molecular formula is C20H26N2O3S2. The highest BCUT2D eigenvalue weighted by Crippen LogP contribution is 2.16. The lowest BCUT2D eigenvalue weighted by molar-refractivity contribution is -0.121. The van der Waals surface area contributed by atoms with Crippen LogP contribution in [0.1, 0.15) is 24.0 Å². The fraction of sp³-hybridized carbons (Fsp3) is 0.350. The average molecular weight is 407 g/mol. The zero-order chi connectivity index (χ0) is 19.7. The number of carbonyl (C=O) groups excluding carboxylic acids is 1. The lowest BCUT2D eigenvalue weighted by Gasteiger charge is -2.09. The van der Waals surface area contributed by atoms with Crippen LogP contribution >= 0.6 is 11.8 Å². The monoisotopic (exact) mass is 406 g/mol. The van der Waals surface area contributed by atoms with E-state index in [-0.39, 0.29) is 17.3 Å². The molecule has 5 nitrogen and oxygen atoms in total. The minimum atomic E-state index is -3.53. The number of thioether (sulfide) groups is 1. The third-order valence-electron chi connectivity index (χ3n) is 4.10. The van der Waals surface area contributed by atoms with Crippen molar-refractivity contribution in [1.82, 2.24) is 10.0 Å². The summed E-state index contributed by atoms with van der Waals surface area (Å²) < 4.78 is 27.1. The molecule has 27 heavy (non-hydrogen) atoms. The molecule has 0 aliphatic carbocycles. The van der Waals surface area contributed by atoms with Crippen molar-refractivity contribution < 1.29 is 13.2 Å². The number of sulfonamides is 1. The molecule has 7 heteroatoms. The van der Waals surface area contributed by atoms with Gasteiger partial charge < -0.3 is 5.32 Å². The predicted octanol–water partition coefficient (Wildman–Crippen LogP) is 3.27. The molecule has 2 aromatic rings. The first kappa shape index (κ1) is 21.5. The van der Waals surface area contributed by atoms with Gasteiger partial charge in [0.1, 0.15) is 0 Å². The molecule has 0 saturated carbocycles. The van der Waals surface area contributed by atoms with E-state index in [1.807, 2.05) is 44.2 Å². The van der Waals surface area contributed by atoms with Crippen LogP contribution in [0.15, 0.2) is 58.3 Å². The van der Waals surface area contributed by atoms with Gasteiger partial charge in [-0.3, -0.25) is 4.79 Å². The molecule has 146 valence electrons. The molecule has 0 aliphatic rings. The lowest BCUT2D eigenvalue weighted by atomic mass is 10.1. The van der Waals surface area contributed by atoms with Crippen molar-refractivity contribution in [3.63, 3.8) is 0 Å². The number of nitrogens with one attached hydrogen (secondary N) is 2. The van der Waals surface area contributed by atoms with E-state index in [4.69, 9.17) is 0 Å². The first-order valence-electron chi connectivity index (χ1n) is 8.90. The van der Waals surface area contributed by atoms with Crippen LogP contribution in [0.4, 0.5) is 0 Å². The fourth-order valence-corrected chi connectivity index (χ4v) is 4.33. The van der Waals surface area contributed by atoms with Gasteiger partial charge >= 0.3 is 0 Å². The van der Waals surface area contributed by atoms with E-state index in [1.165, 1.54) is 4.90 Å². The van der Waals surface area contributed by atoms with E-state index in [2.05, 4.69) is 10.0 Å². The maximum atomic E-state index is 12.3. The van der Waals surface area contributed by atoms with Crippen LogP contribution in [0.25, 0.3) is 0 Å². The second kappa shape index (κ2) is 10.5. The number of benzene rings is 2. The molecule has 0 bridgehead atoms. The summed E-state index contributed by atoms with van der Waals surface area (Å²) in [4.78, 5) is 13.3. The molecule has 2 aromatic carbocycles. The van der Waals surface area contributed by atoms with Crippen molar-refractivity contribution in [3.8, 4) is 0 Å². The molecule has 1 amide bonds. The Balaban J connectivity index is 1.63. The van der Waals surface area contributed by atoms with Gasteiger partial charge in [-0.1, -0.05) is 24.3 Å². The van der Waals surface area contributed by atoms with Crippen molar-refractivity contribution in [2.75, 3.05) is 18.8 Å². The van der Waals surface area contributed by atoms with Crippen LogP contribution in [-0.4, -0.2) is 33.2 Å². The summed E-state index contributed by atoms with van der Waals surface area (Å²) in [7, 11) is -3.53. The molecule has 2 N–H and O–H groups in total. The van der Waals surface area contributed by atoms with E-state index in [0.717, 1.165) is 16.9 Å². The highest BCUT2D eigenvalue weighted by Gasteiger charge is 2.14. The molecule has 0 fully saturated rings. The highest BCUT2D eigenvalue weighted by molar-refractivity contribution is 7.99. The summed E-state index contributed by atoms with van der Waals surface area (Å²) in [6.45, 7) is 4.65. The number of hydrogen-bond donors (Lipinski definition) is 2. The first-order chi connectivity index (χ1) is 12.9. The van der Waals surface area contributed by atoms with Crippen LogP contribution in [0.2, 0.25) is 0 Å². The Morgan fingerprint density at radius 3 is 2.44 bits per heavy atom. The fourth-order valence-electron chi connectivity index (χ4n) is 2.38. The maximum absolute atomic E-state index is 12.3. The zero-order valence-electron chi connectivity index (χ0n) is 15.7. The van der Waals surface area contributed by atoms with Gasteiger partial charge in [-0.2, -0.15) is 0 Å². The highest BCUT2D eigenvalue weighted by atomic mass is 32.2. The largest absolute Gasteiger partial charge is 0.355 e. The third kappa shape index (κ3) is 7.36. The topological polar surface area (TPSA) is 75.3 Å². The minimum Gasteiger partial charge on any atom is -0.355 e. The molecule has 0 heterocycles. The Morgan fingerprint density at radius 2 is 1.74 bits per heavy atom. The Morgan fingerprint density at radius 1 is 1.00 bits per heavy atom. The summed E-state index contributed by atoms with van der Waals surface area (Å²) >= 11 is 1.69. The van der Waals surface area contributed by atoms with Gasteiger partial charge in [0, 0.05) is 30.2 Å². The summed E-state index contributed by atoms with van der Waals surface area (Å²) in [5.74, 6) is 0.740. The van der Waals surface area contributed by atoms with E-state index in [1.54, 1.807) is 30.0 Å². The molecule has 0 spiro atoms. The Kier molecular flexibility index (Phi) is 8.34. The quantitative estimate of drug-likeness (QED) is 0.469. The van der Waals surface area contributed by atoms with Gasteiger partial charge in [0.2, 0.25) is 15.9 Å². The van der Waals surface area contributed by atoms with Crippen molar-refractivity contribution >= 4 is 27.7 Å². The molecule has 0 aromatic heterocycles.